The molecular formula is C57H34N4S. The predicted molar refractivity (Wildman–Crippen MR) is 261 cm³/mol. The van der Waals surface area contributed by atoms with Crippen LogP contribution in [0.5, 0.6) is 0 Å². The van der Waals surface area contributed by atoms with Crippen molar-refractivity contribution in [1.82, 2.24) is 19.5 Å². The van der Waals surface area contributed by atoms with Crippen molar-refractivity contribution in [2.75, 3.05) is 0 Å². The lowest BCUT2D eigenvalue weighted by atomic mass is 9.96. The number of fused-ring (bicyclic) bond motifs is 9. The molecule has 0 unspecified atom stereocenters. The summed E-state index contributed by atoms with van der Waals surface area (Å²) >= 11 is 1.83. The molecule has 3 aromatic heterocycles. The van der Waals surface area contributed by atoms with Crippen LogP contribution in [0.1, 0.15) is 0 Å². The maximum absolute atomic E-state index is 5.42. The fourth-order valence-electron chi connectivity index (χ4n) is 9.51. The summed E-state index contributed by atoms with van der Waals surface area (Å²) in [6.45, 7) is 0. The summed E-state index contributed by atoms with van der Waals surface area (Å²) < 4.78 is 4.96. The van der Waals surface area contributed by atoms with Crippen molar-refractivity contribution in [3.8, 4) is 51.0 Å². The number of para-hydroxylation sites is 1. The lowest BCUT2D eigenvalue weighted by molar-refractivity contribution is 1.08. The van der Waals surface area contributed by atoms with Crippen molar-refractivity contribution >= 4 is 85.6 Å². The fourth-order valence-corrected chi connectivity index (χ4v) is 10.6. The molecule has 0 fully saturated rings. The van der Waals surface area contributed by atoms with Crippen molar-refractivity contribution in [1.29, 1.82) is 0 Å². The first-order chi connectivity index (χ1) is 30.7. The van der Waals surface area contributed by atoms with Gasteiger partial charge in [0.1, 0.15) is 0 Å². The van der Waals surface area contributed by atoms with Gasteiger partial charge in [-0.2, -0.15) is 0 Å². The molecule has 62 heavy (non-hydrogen) atoms. The Balaban J connectivity index is 1.11. The van der Waals surface area contributed by atoms with Crippen molar-refractivity contribution in [3.05, 3.63) is 206 Å². The van der Waals surface area contributed by atoms with Gasteiger partial charge >= 0.3 is 0 Å². The Morgan fingerprint density at radius 3 is 1.56 bits per heavy atom. The largest absolute Gasteiger partial charge is 0.309 e. The fraction of sp³-hybridized carbons (Fsp3) is 0. The Morgan fingerprint density at radius 2 is 0.855 bits per heavy atom. The molecule has 0 saturated carbocycles. The monoisotopic (exact) mass is 806 g/mol. The minimum absolute atomic E-state index is 0.621. The highest BCUT2D eigenvalue weighted by Gasteiger charge is 2.21. The van der Waals surface area contributed by atoms with Gasteiger partial charge in [0.25, 0.3) is 0 Å². The van der Waals surface area contributed by atoms with Gasteiger partial charge in [-0.15, -0.1) is 11.3 Å². The van der Waals surface area contributed by atoms with Crippen LogP contribution in [-0.4, -0.2) is 19.5 Å². The van der Waals surface area contributed by atoms with Gasteiger partial charge in [0.15, 0.2) is 17.5 Å². The topological polar surface area (TPSA) is 43.6 Å². The highest BCUT2D eigenvalue weighted by Crippen LogP contribution is 2.42. The number of nitrogens with zero attached hydrogens (tertiary/aromatic N) is 4. The van der Waals surface area contributed by atoms with E-state index in [-0.39, 0.29) is 0 Å². The third-order valence-corrected chi connectivity index (χ3v) is 13.6. The van der Waals surface area contributed by atoms with Crippen LogP contribution in [0.2, 0.25) is 0 Å². The molecule has 13 aromatic rings. The molecule has 4 nitrogen and oxygen atoms in total. The molecule has 10 aromatic carbocycles. The summed E-state index contributed by atoms with van der Waals surface area (Å²) in [6, 6.07) is 74.1. The Hall–Kier alpha value is -7.99. The van der Waals surface area contributed by atoms with Gasteiger partial charge in [-0.1, -0.05) is 152 Å². The van der Waals surface area contributed by atoms with Crippen LogP contribution >= 0.6 is 11.3 Å². The van der Waals surface area contributed by atoms with Gasteiger partial charge in [0.2, 0.25) is 0 Å². The SMILES string of the molecule is c1ccc2cc3c(cc2c1)c1ccccc1n3-c1ccc(-c2nc(-c3cccc4ccccc34)nc(-c3cccc4ccccc34)n2)c(-c2ccc3sc4ccccc4c3c2)c1. The van der Waals surface area contributed by atoms with E-state index in [1.165, 1.54) is 47.2 Å². The zero-order chi connectivity index (χ0) is 40.7. The second-order valence-electron chi connectivity index (χ2n) is 16.0. The molecule has 0 amide bonds. The van der Waals surface area contributed by atoms with Gasteiger partial charge in [0, 0.05) is 53.3 Å². The van der Waals surface area contributed by atoms with E-state index in [0.29, 0.717) is 17.5 Å². The zero-order valence-electron chi connectivity index (χ0n) is 33.3. The van der Waals surface area contributed by atoms with Gasteiger partial charge in [-0.3, -0.25) is 0 Å². The van der Waals surface area contributed by atoms with E-state index in [2.05, 4.69) is 211 Å². The third-order valence-electron chi connectivity index (χ3n) is 12.4. The Kier molecular flexibility index (Phi) is 7.74. The first-order valence-electron chi connectivity index (χ1n) is 20.9. The standard InChI is InChI=1S/C57H34N4S/c1-2-16-38-33-52-49(31-37(38)15-1)43-21-7-9-25-51(43)61(52)40-28-29-47(48(34-40)39-27-30-54-50(32-39)44-22-8-10-26-53(44)62-54)57-59-55(45-23-11-17-35-13-3-5-19-41(35)45)58-56(60-57)46-24-12-18-36-14-4-6-20-42(36)46/h1-34H. The van der Waals surface area contributed by atoms with E-state index in [9.17, 15) is 0 Å². The lowest BCUT2D eigenvalue weighted by Crippen LogP contribution is -2.03. The molecule has 5 heteroatoms. The molecule has 0 aliphatic heterocycles. The lowest BCUT2D eigenvalue weighted by Gasteiger charge is -2.16. The van der Waals surface area contributed by atoms with Crippen LogP contribution in [-0.2, 0) is 0 Å². The summed E-state index contributed by atoms with van der Waals surface area (Å²) in [6.07, 6.45) is 0. The average Bonchev–Trinajstić information content (AvgIpc) is 3.87. The van der Waals surface area contributed by atoms with E-state index in [1.54, 1.807) is 0 Å². The van der Waals surface area contributed by atoms with Gasteiger partial charge < -0.3 is 4.57 Å². The maximum atomic E-state index is 5.42. The predicted octanol–water partition coefficient (Wildman–Crippen LogP) is 15.5. The molecule has 0 aliphatic carbocycles. The molecule has 3 heterocycles. The molecule has 0 N–H and O–H groups in total. The summed E-state index contributed by atoms with van der Waals surface area (Å²) in [4.78, 5) is 16.1. The summed E-state index contributed by atoms with van der Waals surface area (Å²) in [5.41, 5.74) is 8.41. The summed E-state index contributed by atoms with van der Waals surface area (Å²) in [5.74, 6) is 1.90. The number of aromatic nitrogens is 4. The Labute approximate surface area is 360 Å². The molecule has 0 saturated heterocycles. The second-order valence-corrected chi connectivity index (χ2v) is 17.1. The highest BCUT2D eigenvalue weighted by atomic mass is 32.1. The average molecular weight is 807 g/mol. The summed E-state index contributed by atoms with van der Waals surface area (Å²) in [5, 5.41) is 11.9. The highest BCUT2D eigenvalue weighted by molar-refractivity contribution is 7.25. The third kappa shape index (κ3) is 5.49. The number of rotatable bonds is 5. The molecule has 0 bridgehead atoms. The van der Waals surface area contributed by atoms with Crippen molar-refractivity contribution in [3.63, 3.8) is 0 Å². The number of hydrogen-bond acceptors (Lipinski definition) is 4. The quantitative estimate of drug-likeness (QED) is 0.174. The zero-order valence-corrected chi connectivity index (χ0v) is 34.1. The van der Waals surface area contributed by atoms with Gasteiger partial charge in [-0.05, 0) is 98.0 Å². The maximum Gasteiger partial charge on any atom is 0.164 e. The van der Waals surface area contributed by atoms with Crippen LogP contribution in [0.3, 0.4) is 0 Å². The first kappa shape index (κ1) is 34.8. The normalized spacial score (nSPS) is 11.9. The number of benzene rings is 10. The van der Waals surface area contributed by atoms with Crippen molar-refractivity contribution < 1.29 is 0 Å². The van der Waals surface area contributed by atoms with Crippen LogP contribution < -0.4 is 0 Å². The minimum atomic E-state index is 0.621. The van der Waals surface area contributed by atoms with E-state index < -0.39 is 0 Å². The molecule has 0 spiro atoms. The minimum Gasteiger partial charge on any atom is -0.309 e. The van der Waals surface area contributed by atoms with Crippen LogP contribution in [0.15, 0.2) is 206 Å². The van der Waals surface area contributed by atoms with E-state index >= 15 is 0 Å². The van der Waals surface area contributed by atoms with E-state index in [4.69, 9.17) is 15.0 Å². The number of thiophene rings is 1. The molecule has 288 valence electrons. The smallest absolute Gasteiger partial charge is 0.164 e. The molecule has 0 radical (unpaired) electrons. The molecule has 13 rings (SSSR count). The van der Waals surface area contributed by atoms with Crippen LogP contribution in [0.4, 0.5) is 0 Å². The van der Waals surface area contributed by atoms with Crippen LogP contribution in [0, 0.1) is 0 Å². The molecule has 0 aliphatic rings. The van der Waals surface area contributed by atoms with Gasteiger partial charge in [-0.25, -0.2) is 15.0 Å². The first-order valence-corrected chi connectivity index (χ1v) is 21.7. The van der Waals surface area contributed by atoms with E-state index in [1.807, 2.05) is 11.3 Å². The van der Waals surface area contributed by atoms with Gasteiger partial charge in [0.05, 0.1) is 11.0 Å². The Bertz CT molecular complexity index is 3840. The molecule has 0 atom stereocenters. The Morgan fingerprint density at radius 1 is 0.306 bits per heavy atom. The molecular weight excluding hydrogens is 773 g/mol. The van der Waals surface area contributed by atoms with Crippen LogP contribution in [0.25, 0.3) is 125 Å². The number of hydrogen-bond donors (Lipinski definition) is 0. The second kappa shape index (κ2) is 13.8. The van der Waals surface area contributed by atoms with Crippen molar-refractivity contribution in [2.24, 2.45) is 0 Å². The summed E-state index contributed by atoms with van der Waals surface area (Å²) in [7, 11) is 0. The van der Waals surface area contributed by atoms with E-state index in [0.717, 1.165) is 60.6 Å². The van der Waals surface area contributed by atoms with Crippen molar-refractivity contribution in [2.45, 2.75) is 0 Å².